The number of carbonyl (C=O) groups excluding carboxylic acids is 1. The lowest BCUT2D eigenvalue weighted by molar-refractivity contribution is 0.101. The van der Waals surface area contributed by atoms with E-state index in [0.717, 1.165) is 5.69 Å². The number of ketones is 1. The Morgan fingerprint density at radius 3 is 2.57 bits per heavy atom. The lowest BCUT2D eigenvalue weighted by atomic mass is 10.2. The predicted molar refractivity (Wildman–Crippen MR) is 100 cm³/mol. The second-order valence-electron chi connectivity index (χ2n) is 5.98. The summed E-state index contributed by atoms with van der Waals surface area (Å²) in [6.45, 7) is 1.76. The molecule has 0 aliphatic carbocycles. The second kappa shape index (κ2) is 7.43. The number of oxazole rings is 1. The Morgan fingerprint density at radius 2 is 1.89 bits per heavy atom. The summed E-state index contributed by atoms with van der Waals surface area (Å²) in [5, 5.41) is 0. The van der Waals surface area contributed by atoms with Crippen molar-refractivity contribution >= 4 is 17.0 Å². The Bertz CT molecular complexity index is 1120. The van der Waals surface area contributed by atoms with E-state index in [-0.39, 0.29) is 12.4 Å². The van der Waals surface area contributed by atoms with Crippen molar-refractivity contribution in [2.45, 2.75) is 13.5 Å². The van der Waals surface area contributed by atoms with Crippen LogP contribution < -0.4 is 9.47 Å². The molecule has 4 aromatic rings. The molecule has 0 bridgehead atoms. The van der Waals surface area contributed by atoms with Gasteiger partial charge in [0.15, 0.2) is 5.78 Å². The van der Waals surface area contributed by atoms with Crippen LogP contribution in [0.2, 0.25) is 0 Å². The van der Waals surface area contributed by atoms with Gasteiger partial charge in [-0.05, 0) is 24.3 Å². The molecule has 0 unspecified atom stereocenters. The summed E-state index contributed by atoms with van der Waals surface area (Å²) in [5.74, 6) is 1.51. The van der Waals surface area contributed by atoms with Gasteiger partial charge in [0.1, 0.15) is 29.3 Å². The summed E-state index contributed by atoms with van der Waals surface area (Å²) in [7, 11) is 1.59. The zero-order chi connectivity index (χ0) is 19.5. The van der Waals surface area contributed by atoms with Gasteiger partial charge in [-0.1, -0.05) is 0 Å². The molecule has 4 rings (SSSR count). The fraction of sp³-hybridized carbons (Fsp3) is 0.150. The highest BCUT2D eigenvalue weighted by molar-refractivity contribution is 5.92. The van der Waals surface area contributed by atoms with Gasteiger partial charge in [0, 0.05) is 19.2 Å². The van der Waals surface area contributed by atoms with E-state index in [1.165, 1.54) is 6.92 Å². The molecular weight excluding hydrogens is 360 g/mol. The van der Waals surface area contributed by atoms with Crippen molar-refractivity contribution in [2.75, 3.05) is 7.11 Å². The van der Waals surface area contributed by atoms with Crippen LogP contribution in [0.4, 0.5) is 0 Å². The zero-order valence-electron chi connectivity index (χ0n) is 15.2. The van der Waals surface area contributed by atoms with Gasteiger partial charge in [0.2, 0.25) is 11.6 Å². The second-order valence-corrected chi connectivity index (χ2v) is 5.98. The maximum absolute atomic E-state index is 11.3. The third-order valence-electron chi connectivity index (χ3n) is 4.01. The highest BCUT2D eigenvalue weighted by Gasteiger charge is 2.12. The number of rotatable bonds is 6. The quantitative estimate of drug-likeness (QED) is 0.472. The molecule has 0 amide bonds. The average Bonchev–Trinajstić information content (AvgIpc) is 3.16. The fourth-order valence-electron chi connectivity index (χ4n) is 2.51. The van der Waals surface area contributed by atoms with E-state index in [0.29, 0.717) is 39.9 Å². The van der Waals surface area contributed by atoms with Gasteiger partial charge >= 0.3 is 0 Å². The Labute approximate surface area is 160 Å². The molecule has 0 spiro atoms. The Morgan fingerprint density at radius 1 is 1.04 bits per heavy atom. The summed E-state index contributed by atoms with van der Waals surface area (Å²) in [4.78, 5) is 28.4. The van der Waals surface area contributed by atoms with Gasteiger partial charge in [0.25, 0.3) is 0 Å². The number of pyridine rings is 3. The molecule has 0 radical (unpaired) electrons. The van der Waals surface area contributed by atoms with Gasteiger partial charge < -0.3 is 13.9 Å². The molecule has 0 N–H and O–H groups in total. The molecule has 4 heterocycles. The van der Waals surface area contributed by atoms with Crippen molar-refractivity contribution in [2.24, 2.45) is 0 Å². The summed E-state index contributed by atoms with van der Waals surface area (Å²) in [5.41, 5.74) is 2.76. The molecule has 0 fully saturated rings. The molecule has 0 aromatic carbocycles. The number of nitrogens with zero attached hydrogens (tertiary/aromatic N) is 4. The number of carbonyl (C=O) groups is 1. The maximum Gasteiger partial charge on any atom is 0.247 e. The third-order valence-corrected chi connectivity index (χ3v) is 4.01. The average molecular weight is 376 g/mol. The summed E-state index contributed by atoms with van der Waals surface area (Å²) in [6, 6.07) is 8.77. The molecule has 8 heteroatoms. The molecule has 0 aliphatic heterocycles. The highest BCUT2D eigenvalue weighted by atomic mass is 16.5. The van der Waals surface area contributed by atoms with Crippen LogP contribution in [0.1, 0.15) is 23.1 Å². The van der Waals surface area contributed by atoms with Crippen LogP contribution in [-0.2, 0) is 6.61 Å². The van der Waals surface area contributed by atoms with Crippen molar-refractivity contribution in [1.29, 1.82) is 0 Å². The van der Waals surface area contributed by atoms with E-state index in [1.54, 1.807) is 43.9 Å². The lowest BCUT2D eigenvalue weighted by Gasteiger charge is -2.05. The van der Waals surface area contributed by atoms with Crippen LogP contribution >= 0.6 is 0 Å². The van der Waals surface area contributed by atoms with Crippen molar-refractivity contribution in [3.63, 3.8) is 0 Å². The Kier molecular flexibility index (Phi) is 4.67. The molecule has 0 aliphatic rings. The van der Waals surface area contributed by atoms with Gasteiger partial charge in [-0.2, -0.15) is 0 Å². The normalized spacial score (nSPS) is 10.8. The smallest absolute Gasteiger partial charge is 0.247 e. The maximum atomic E-state index is 11.3. The van der Waals surface area contributed by atoms with E-state index in [9.17, 15) is 4.79 Å². The van der Waals surface area contributed by atoms with Gasteiger partial charge in [-0.3, -0.25) is 14.8 Å². The van der Waals surface area contributed by atoms with Gasteiger partial charge in [-0.15, -0.1) is 0 Å². The van der Waals surface area contributed by atoms with E-state index in [2.05, 4.69) is 19.9 Å². The molecule has 8 nitrogen and oxygen atoms in total. The van der Waals surface area contributed by atoms with Crippen LogP contribution in [0.15, 0.2) is 53.3 Å². The van der Waals surface area contributed by atoms with Crippen LogP contribution in [0.5, 0.6) is 11.5 Å². The van der Waals surface area contributed by atoms with E-state index >= 15 is 0 Å². The minimum atomic E-state index is -0.0982. The summed E-state index contributed by atoms with van der Waals surface area (Å²) in [6.07, 6.45) is 4.75. The predicted octanol–water partition coefficient (Wildman–Crippen LogP) is 3.47. The lowest BCUT2D eigenvalue weighted by Crippen LogP contribution is -1.98. The molecular formula is C20H16N4O4. The van der Waals surface area contributed by atoms with Crippen molar-refractivity contribution in [3.8, 4) is 23.0 Å². The number of methoxy groups -OCH3 is 1. The highest BCUT2D eigenvalue weighted by Crippen LogP contribution is 2.25. The van der Waals surface area contributed by atoms with E-state index in [4.69, 9.17) is 13.9 Å². The zero-order valence-corrected chi connectivity index (χ0v) is 15.2. The van der Waals surface area contributed by atoms with E-state index < -0.39 is 0 Å². The minimum absolute atomic E-state index is 0.0982. The number of hydrogen-bond donors (Lipinski definition) is 0. The monoisotopic (exact) mass is 376 g/mol. The van der Waals surface area contributed by atoms with Gasteiger partial charge in [0.05, 0.1) is 30.8 Å². The molecule has 28 heavy (non-hydrogen) atoms. The standard InChI is InChI=1S/C20H16N4O4/c1-12(25)17-6-3-13(8-22-17)19-24-18-7-16(10-23-20(18)28-19)27-11-14-4-5-15(26-2)9-21-14/h3-10H,11H2,1-2H3. The van der Waals surface area contributed by atoms with Crippen molar-refractivity contribution in [1.82, 2.24) is 19.9 Å². The van der Waals surface area contributed by atoms with E-state index in [1.807, 2.05) is 12.1 Å². The third kappa shape index (κ3) is 3.66. The number of Topliss-reactive ketones (excluding diaryl/α,β-unsaturated/α-hetero) is 1. The SMILES string of the molecule is COc1ccc(COc2cnc3oc(-c4ccc(C(C)=O)nc4)nc3c2)nc1. The van der Waals surface area contributed by atoms with Crippen LogP contribution in [-0.4, -0.2) is 32.8 Å². The first-order valence-corrected chi connectivity index (χ1v) is 8.48. The van der Waals surface area contributed by atoms with Crippen LogP contribution in [0.25, 0.3) is 22.7 Å². The molecule has 4 aromatic heterocycles. The van der Waals surface area contributed by atoms with Crippen LogP contribution in [0.3, 0.4) is 0 Å². The number of aromatic nitrogens is 4. The Hall–Kier alpha value is -3.81. The molecule has 0 saturated carbocycles. The number of ether oxygens (including phenoxy) is 2. The van der Waals surface area contributed by atoms with Crippen molar-refractivity contribution < 1.29 is 18.7 Å². The summed E-state index contributed by atoms with van der Waals surface area (Å²) < 4.78 is 16.5. The van der Waals surface area contributed by atoms with Crippen molar-refractivity contribution in [3.05, 3.63) is 60.3 Å². The first kappa shape index (κ1) is 17.6. The minimum Gasteiger partial charge on any atom is -0.495 e. The Balaban J connectivity index is 1.51. The number of fused-ring (bicyclic) bond motifs is 1. The first-order valence-electron chi connectivity index (χ1n) is 8.48. The molecule has 0 saturated heterocycles. The summed E-state index contributed by atoms with van der Waals surface area (Å²) >= 11 is 0. The molecule has 0 atom stereocenters. The topological polar surface area (TPSA) is 100 Å². The molecule has 140 valence electrons. The van der Waals surface area contributed by atoms with Gasteiger partial charge in [-0.25, -0.2) is 9.97 Å². The van der Waals surface area contributed by atoms with Crippen LogP contribution in [0, 0.1) is 0 Å². The number of hydrogen-bond acceptors (Lipinski definition) is 8. The largest absolute Gasteiger partial charge is 0.495 e. The fourth-order valence-corrected chi connectivity index (χ4v) is 2.51. The first-order chi connectivity index (χ1) is 13.6.